The zero-order valence-corrected chi connectivity index (χ0v) is 22.5. The first-order valence-electron chi connectivity index (χ1n) is 13.4. The fourth-order valence-corrected chi connectivity index (χ4v) is 4.26. The Bertz CT molecular complexity index is 828. The van der Waals surface area contributed by atoms with Crippen LogP contribution in [-0.4, -0.2) is 112 Å². The maximum atomic E-state index is 13.3. The molecule has 0 spiro atoms. The molecule has 224 valence electrons. The Hall–Kier alpha value is -2.85. The van der Waals surface area contributed by atoms with Crippen molar-refractivity contribution in [2.75, 3.05) is 26.2 Å². The number of aliphatic carboxylic acids is 1. The highest BCUT2D eigenvalue weighted by atomic mass is 16.4. The van der Waals surface area contributed by atoms with Gasteiger partial charge >= 0.3 is 5.97 Å². The third-order valence-electron chi connectivity index (χ3n) is 6.57. The molecule has 0 aliphatic carbocycles. The van der Waals surface area contributed by atoms with E-state index in [0.717, 1.165) is 0 Å². The second-order valence-corrected chi connectivity index (χ2v) is 9.74. The Kier molecular flexibility index (Phi) is 15.5. The van der Waals surface area contributed by atoms with E-state index in [1.165, 1.54) is 11.8 Å². The first-order valence-corrected chi connectivity index (χ1v) is 13.4. The van der Waals surface area contributed by atoms with E-state index in [4.69, 9.17) is 22.3 Å². The number of rotatable bonds is 18. The molecule has 1 aliphatic heterocycles. The predicted octanol–water partition coefficient (Wildman–Crippen LogP) is -3.53. The minimum Gasteiger partial charge on any atom is -0.480 e. The molecule has 0 saturated carbocycles. The van der Waals surface area contributed by atoms with Gasteiger partial charge in [-0.05, 0) is 65.0 Å². The number of carboxylic acid groups (broad SMARTS) is 1. The van der Waals surface area contributed by atoms with Crippen molar-refractivity contribution in [2.45, 2.75) is 94.6 Å². The number of nitrogens with zero attached hydrogens (tertiary/aromatic N) is 1. The van der Waals surface area contributed by atoms with Crippen molar-refractivity contribution in [1.82, 2.24) is 20.9 Å². The van der Waals surface area contributed by atoms with Crippen molar-refractivity contribution in [2.24, 2.45) is 17.2 Å². The summed E-state index contributed by atoms with van der Waals surface area (Å²) in [7, 11) is 0. The van der Waals surface area contributed by atoms with Crippen molar-refractivity contribution < 1.29 is 39.3 Å². The highest BCUT2D eigenvalue weighted by Crippen LogP contribution is 2.20. The molecule has 15 nitrogen and oxygen atoms in total. The van der Waals surface area contributed by atoms with E-state index in [1.807, 2.05) is 0 Å². The van der Waals surface area contributed by atoms with Gasteiger partial charge in [-0.2, -0.15) is 0 Å². The van der Waals surface area contributed by atoms with Crippen LogP contribution in [0.3, 0.4) is 0 Å². The average Bonchev–Trinajstić information content (AvgIpc) is 3.39. The number of aliphatic hydroxyl groups is 2. The Balaban J connectivity index is 2.97. The van der Waals surface area contributed by atoms with Crippen LogP contribution in [0.2, 0.25) is 0 Å². The molecule has 1 aliphatic rings. The third kappa shape index (κ3) is 11.0. The number of nitrogens with two attached hydrogens (primary N) is 3. The molecule has 1 fully saturated rings. The van der Waals surface area contributed by atoms with E-state index in [-0.39, 0.29) is 19.4 Å². The van der Waals surface area contributed by atoms with Gasteiger partial charge < -0.3 is 53.4 Å². The van der Waals surface area contributed by atoms with E-state index in [2.05, 4.69) is 16.0 Å². The van der Waals surface area contributed by atoms with Gasteiger partial charge in [-0.15, -0.1) is 0 Å². The minimum absolute atomic E-state index is 0.154. The lowest BCUT2D eigenvalue weighted by molar-refractivity contribution is -0.145. The standard InChI is InChI=1S/C24H45N7O8/c1-14(33)19(30-20(34)15(27)7-2-4-10-25)23(37)31-12-6-9-18(31)22(36)28-16(8-3-5-11-26)21(35)29-17(13-32)24(38)39/h14-19,32-33H,2-13,25-27H2,1H3,(H,28,36)(H,29,35)(H,30,34)(H,38,39)/t14-,15+,16+,17+,18+,19+/m1/s1. The van der Waals surface area contributed by atoms with E-state index in [9.17, 15) is 34.2 Å². The smallest absolute Gasteiger partial charge is 0.328 e. The predicted molar refractivity (Wildman–Crippen MR) is 141 cm³/mol. The number of carbonyl (C=O) groups is 5. The van der Waals surface area contributed by atoms with Crippen LogP contribution in [0.25, 0.3) is 0 Å². The van der Waals surface area contributed by atoms with E-state index in [0.29, 0.717) is 51.6 Å². The number of hydrogen-bond acceptors (Lipinski definition) is 10. The van der Waals surface area contributed by atoms with Gasteiger partial charge in [0.05, 0.1) is 18.8 Å². The van der Waals surface area contributed by atoms with Crippen LogP contribution >= 0.6 is 0 Å². The van der Waals surface area contributed by atoms with Crippen molar-refractivity contribution in [3.05, 3.63) is 0 Å². The summed E-state index contributed by atoms with van der Waals surface area (Å²) >= 11 is 0. The number of nitrogens with one attached hydrogen (secondary N) is 3. The maximum absolute atomic E-state index is 13.3. The van der Waals surface area contributed by atoms with Crippen LogP contribution in [0.5, 0.6) is 0 Å². The Morgan fingerprint density at radius 3 is 2.08 bits per heavy atom. The summed E-state index contributed by atoms with van der Waals surface area (Å²) < 4.78 is 0. The molecular weight excluding hydrogens is 514 g/mol. The molecule has 0 aromatic carbocycles. The maximum Gasteiger partial charge on any atom is 0.328 e. The lowest BCUT2D eigenvalue weighted by atomic mass is 10.1. The molecular formula is C24H45N7O8. The Morgan fingerprint density at radius 2 is 1.54 bits per heavy atom. The number of unbranched alkanes of at least 4 members (excludes halogenated alkanes) is 2. The number of carboxylic acids is 1. The zero-order chi connectivity index (χ0) is 29.5. The van der Waals surface area contributed by atoms with Gasteiger partial charge in [0.2, 0.25) is 23.6 Å². The second kappa shape index (κ2) is 17.7. The molecule has 12 N–H and O–H groups in total. The van der Waals surface area contributed by atoms with Crippen molar-refractivity contribution in [3.63, 3.8) is 0 Å². The van der Waals surface area contributed by atoms with Crippen LogP contribution in [0.1, 0.15) is 58.3 Å². The summed E-state index contributed by atoms with van der Waals surface area (Å²) in [6.07, 6.45) is 2.31. The Morgan fingerprint density at radius 1 is 0.923 bits per heavy atom. The topological polar surface area (TPSA) is 263 Å². The molecule has 1 saturated heterocycles. The normalized spacial score (nSPS) is 18.9. The molecule has 1 rings (SSSR count). The molecule has 0 aromatic heterocycles. The van der Waals surface area contributed by atoms with Gasteiger partial charge in [-0.3, -0.25) is 19.2 Å². The number of likely N-dealkylation sites (tertiary alicyclic amines) is 1. The van der Waals surface area contributed by atoms with Crippen LogP contribution < -0.4 is 33.2 Å². The fraction of sp³-hybridized carbons (Fsp3) is 0.792. The van der Waals surface area contributed by atoms with Crippen molar-refractivity contribution in [1.29, 1.82) is 0 Å². The molecule has 0 aromatic rings. The second-order valence-electron chi connectivity index (χ2n) is 9.74. The van der Waals surface area contributed by atoms with Crippen molar-refractivity contribution in [3.8, 4) is 0 Å². The van der Waals surface area contributed by atoms with Gasteiger partial charge in [0.1, 0.15) is 24.2 Å². The number of hydrogen-bond donors (Lipinski definition) is 9. The summed E-state index contributed by atoms with van der Waals surface area (Å²) in [6.45, 7) is 1.50. The summed E-state index contributed by atoms with van der Waals surface area (Å²) in [5.41, 5.74) is 16.9. The molecule has 39 heavy (non-hydrogen) atoms. The minimum atomic E-state index is -1.55. The lowest BCUT2D eigenvalue weighted by Crippen LogP contribution is -2.60. The number of amides is 4. The summed E-state index contributed by atoms with van der Waals surface area (Å²) in [6, 6.07) is -5.89. The van der Waals surface area contributed by atoms with Gasteiger partial charge in [0, 0.05) is 6.54 Å². The fourth-order valence-electron chi connectivity index (χ4n) is 4.26. The van der Waals surface area contributed by atoms with Crippen LogP contribution in [-0.2, 0) is 24.0 Å². The Labute approximate surface area is 228 Å². The van der Waals surface area contributed by atoms with Crippen LogP contribution in [0.4, 0.5) is 0 Å². The molecule has 0 bridgehead atoms. The lowest BCUT2D eigenvalue weighted by Gasteiger charge is -2.31. The van der Waals surface area contributed by atoms with Gasteiger partial charge in [-0.25, -0.2) is 4.79 Å². The van der Waals surface area contributed by atoms with Gasteiger partial charge in [0.25, 0.3) is 0 Å². The summed E-state index contributed by atoms with van der Waals surface area (Å²) in [4.78, 5) is 64.3. The van der Waals surface area contributed by atoms with E-state index in [1.54, 1.807) is 0 Å². The third-order valence-corrected chi connectivity index (χ3v) is 6.57. The van der Waals surface area contributed by atoms with Crippen molar-refractivity contribution >= 4 is 29.6 Å². The molecule has 4 amide bonds. The molecule has 15 heteroatoms. The number of aliphatic hydroxyl groups excluding tert-OH is 2. The first kappa shape index (κ1) is 34.2. The van der Waals surface area contributed by atoms with Crippen LogP contribution in [0.15, 0.2) is 0 Å². The summed E-state index contributed by atoms with van der Waals surface area (Å²) in [5.74, 6) is -4.15. The van der Waals surface area contributed by atoms with Gasteiger partial charge in [-0.1, -0.05) is 6.42 Å². The average molecular weight is 560 g/mol. The summed E-state index contributed by atoms with van der Waals surface area (Å²) in [5, 5.41) is 35.9. The highest BCUT2D eigenvalue weighted by molar-refractivity contribution is 5.96. The molecule has 1 heterocycles. The largest absolute Gasteiger partial charge is 0.480 e. The quantitative estimate of drug-likeness (QED) is 0.0743. The van der Waals surface area contributed by atoms with Gasteiger partial charge in [0.15, 0.2) is 0 Å². The molecule has 6 atom stereocenters. The SMILES string of the molecule is C[C@@H](O)[C@H](NC(=O)[C@@H](N)CCCCN)C(=O)N1CCC[C@H]1C(=O)N[C@@H](CCCCN)C(=O)N[C@@H](CO)C(=O)O. The van der Waals surface area contributed by atoms with E-state index < -0.39 is 72.5 Å². The molecule has 0 unspecified atom stereocenters. The monoisotopic (exact) mass is 559 g/mol. The number of carbonyl (C=O) groups excluding carboxylic acids is 4. The van der Waals surface area contributed by atoms with E-state index >= 15 is 0 Å². The first-order chi connectivity index (χ1) is 18.5. The van der Waals surface area contributed by atoms with Crippen LogP contribution in [0, 0.1) is 0 Å². The highest BCUT2D eigenvalue weighted by Gasteiger charge is 2.40. The zero-order valence-electron chi connectivity index (χ0n) is 22.5. The molecule has 0 radical (unpaired) electrons.